The molecule has 22 heavy (non-hydrogen) atoms. The number of nitrogens with zero attached hydrogens (tertiary/aromatic N) is 4. The van der Waals surface area contributed by atoms with E-state index < -0.39 is 0 Å². The molecule has 5 nitrogen and oxygen atoms in total. The van der Waals surface area contributed by atoms with E-state index >= 15 is 0 Å². The second kappa shape index (κ2) is 4.99. The number of hydrogen-bond donors (Lipinski definition) is 1. The minimum Gasteiger partial charge on any atom is -0.411 e. The van der Waals surface area contributed by atoms with Gasteiger partial charge in [-0.05, 0) is 37.8 Å². The van der Waals surface area contributed by atoms with Crippen molar-refractivity contribution in [2.75, 3.05) is 0 Å². The van der Waals surface area contributed by atoms with E-state index in [1.807, 2.05) is 24.3 Å². The van der Waals surface area contributed by atoms with E-state index in [2.05, 4.69) is 27.1 Å². The Morgan fingerprint density at radius 3 is 2.59 bits per heavy atom. The van der Waals surface area contributed by atoms with Crippen molar-refractivity contribution in [2.45, 2.75) is 31.2 Å². The van der Waals surface area contributed by atoms with E-state index in [1.165, 1.54) is 19.2 Å². The van der Waals surface area contributed by atoms with E-state index in [0.29, 0.717) is 11.6 Å². The number of hydrogen-bond acceptors (Lipinski definition) is 4. The fourth-order valence-electron chi connectivity index (χ4n) is 2.67. The Balaban J connectivity index is 1.61. The lowest BCUT2D eigenvalue weighted by molar-refractivity contribution is 0.313. The van der Waals surface area contributed by atoms with Gasteiger partial charge < -0.3 is 5.21 Å². The molecule has 1 aromatic carbocycles. The molecule has 0 bridgehead atoms. The van der Waals surface area contributed by atoms with E-state index in [1.54, 1.807) is 11.0 Å². The highest BCUT2D eigenvalue weighted by Crippen LogP contribution is 2.45. The first-order valence-corrected chi connectivity index (χ1v) is 7.51. The molecule has 0 radical (unpaired) electrons. The largest absolute Gasteiger partial charge is 0.411 e. The highest BCUT2D eigenvalue weighted by molar-refractivity contribution is 6.07. The van der Waals surface area contributed by atoms with Crippen molar-refractivity contribution in [3.05, 3.63) is 48.0 Å². The van der Waals surface area contributed by atoms with Crippen LogP contribution >= 0.6 is 0 Å². The zero-order chi connectivity index (χ0) is 15.0. The lowest BCUT2D eigenvalue weighted by Gasteiger charge is -2.17. The van der Waals surface area contributed by atoms with Crippen LogP contribution in [-0.2, 0) is 5.54 Å². The van der Waals surface area contributed by atoms with Crippen LogP contribution in [0.4, 0.5) is 0 Å². The van der Waals surface area contributed by atoms with Gasteiger partial charge in [-0.3, -0.25) is 0 Å². The van der Waals surface area contributed by atoms with Crippen molar-refractivity contribution in [3.63, 3.8) is 0 Å². The SMILES string of the molecule is O/N=C(/c1ccc(C#CC2CC2)cc1)C1(n2cncn2)CC1. The predicted octanol–water partition coefficient (Wildman–Crippen LogP) is 2.41. The lowest BCUT2D eigenvalue weighted by Crippen LogP contribution is -2.29. The molecule has 4 rings (SSSR count). The Labute approximate surface area is 128 Å². The molecular weight excluding hydrogens is 276 g/mol. The van der Waals surface area contributed by atoms with Gasteiger partial charge in [-0.15, -0.1) is 0 Å². The summed E-state index contributed by atoms with van der Waals surface area (Å²) in [6.45, 7) is 0. The van der Waals surface area contributed by atoms with Crippen molar-refractivity contribution in [1.29, 1.82) is 0 Å². The average molecular weight is 292 g/mol. The first-order valence-electron chi connectivity index (χ1n) is 7.51. The van der Waals surface area contributed by atoms with Crippen LogP contribution in [0.15, 0.2) is 42.1 Å². The molecule has 2 aromatic rings. The summed E-state index contributed by atoms with van der Waals surface area (Å²) in [7, 11) is 0. The summed E-state index contributed by atoms with van der Waals surface area (Å²) in [5.41, 5.74) is 2.18. The number of aromatic nitrogens is 3. The van der Waals surface area contributed by atoms with Crippen molar-refractivity contribution in [2.24, 2.45) is 11.1 Å². The fraction of sp³-hybridized carbons (Fsp3) is 0.353. The normalized spacial score (nSPS) is 19.4. The number of oxime groups is 1. The van der Waals surface area contributed by atoms with E-state index in [0.717, 1.165) is 24.0 Å². The van der Waals surface area contributed by atoms with Crippen LogP contribution in [-0.4, -0.2) is 25.7 Å². The second-order valence-corrected chi connectivity index (χ2v) is 5.94. The van der Waals surface area contributed by atoms with Crippen molar-refractivity contribution in [1.82, 2.24) is 14.8 Å². The van der Waals surface area contributed by atoms with Crippen LogP contribution in [0.2, 0.25) is 0 Å². The van der Waals surface area contributed by atoms with Gasteiger partial charge in [-0.25, -0.2) is 9.67 Å². The van der Waals surface area contributed by atoms with Gasteiger partial charge in [0.05, 0.1) is 0 Å². The Morgan fingerprint density at radius 1 is 1.27 bits per heavy atom. The third kappa shape index (κ3) is 2.27. The van der Waals surface area contributed by atoms with Gasteiger partial charge in [0.2, 0.25) is 0 Å². The first kappa shape index (κ1) is 13.1. The summed E-state index contributed by atoms with van der Waals surface area (Å²) in [5.74, 6) is 7.04. The van der Waals surface area contributed by atoms with Gasteiger partial charge >= 0.3 is 0 Å². The Morgan fingerprint density at radius 2 is 2.05 bits per heavy atom. The Bertz CT molecular complexity index is 757. The van der Waals surface area contributed by atoms with Crippen LogP contribution in [0.3, 0.4) is 0 Å². The summed E-state index contributed by atoms with van der Waals surface area (Å²) in [6, 6.07) is 7.88. The van der Waals surface area contributed by atoms with E-state index in [-0.39, 0.29) is 5.54 Å². The molecule has 110 valence electrons. The quantitative estimate of drug-likeness (QED) is 0.409. The summed E-state index contributed by atoms with van der Waals surface area (Å²) in [4.78, 5) is 4.00. The predicted molar refractivity (Wildman–Crippen MR) is 81.6 cm³/mol. The molecule has 1 N–H and O–H groups in total. The van der Waals surface area contributed by atoms with Crippen LogP contribution in [0.25, 0.3) is 0 Å². The molecule has 2 fully saturated rings. The average Bonchev–Trinajstić information content (AvgIpc) is 3.48. The minimum absolute atomic E-state index is 0.355. The van der Waals surface area contributed by atoms with Gasteiger partial charge in [0.25, 0.3) is 0 Å². The topological polar surface area (TPSA) is 63.3 Å². The fourth-order valence-corrected chi connectivity index (χ4v) is 2.67. The van der Waals surface area contributed by atoms with Crippen molar-refractivity contribution >= 4 is 5.71 Å². The molecule has 0 spiro atoms. The molecule has 0 unspecified atom stereocenters. The minimum atomic E-state index is -0.355. The molecule has 0 amide bonds. The molecule has 0 aliphatic heterocycles. The maximum Gasteiger partial charge on any atom is 0.137 e. The van der Waals surface area contributed by atoms with Crippen molar-refractivity contribution in [3.8, 4) is 11.8 Å². The molecule has 1 aromatic heterocycles. The maximum absolute atomic E-state index is 9.51. The third-order valence-electron chi connectivity index (χ3n) is 4.28. The number of benzene rings is 1. The molecule has 2 aliphatic rings. The summed E-state index contributed by atoms with van der Waals surface area (Å²) in [6.07, 6.45) is 7.44. The monoisotopic (exact) mass is 292 g/mol. The molecular formula is C17H16N4O. The molecule has 5 heteroatoms. The maximum atomic E-state index is 9.51. The number of rotatable bonds is 3. The van der Waals surface area contributed by atoms with Crippen LogP contribution in [0, 0.1) is 17.8 Å². The lowest BCUT2D eigenvalue weighted by atomic mass is 10.00. The van der Waals surface area contributed by atoms with Crippen LogP contribution < -0.4 is 0 Å². The molecule has 1 heterocycles. The summed E-state index contributed by atoms with van der Waals surface area (Å²) >= 11 is 0. The van der Waals surface area contributed by atoms with Gasteiger partial charge in [0.1, 0.15) is 23.9 Å². The standard InChI is InChI=1S/C17H16N4O/c22-20-16(17(9-10-17)21-12-18-11-19-21)15-7-5-14(6-8-15)4-3-13-1-2-13/h5-8,11-13,22H,1-2,9-10H2/b20-16-. The first-order chi connectivity index (χ1) is 10.8. The molecule has 0 atom stereocenters. The van der Waals surface area contributed by atoms with Crippen molar-refractivity contribution < 1.29 is 5.21 Å². The molecule has 2 saturated carbocycles. The summed E-state index contributed by atoms with van der Waals surface area (Å²) < 4.78 is 1.78. The molecule has 0 saturated heterocycles. The van der Waals surface area contributed by atoms with Gasteiger partial charge in [-0.1, -0.05) is 29.1 Å². The summed E-state index contributed by atoms with van der Waals surface area (Å²) in [5, 5.41) is 17.3. The van der Waals surface area contributed by atoms with Gasteiger partial charge in [0.15, 0.2) is 0 Å². The Kier molecular flexibility index (Phi) is 2.97. The van der Waals surface area contributed by atoms with Crippen LogP contribution in [0.1, 0.15) is 36.8 Å². The zero-order valence-electron chi connectivity index (χ0n) is 12.1. The smallest absolute Gasteiger partial charge is 0.137 e. The third-order valence-corrected chi connectivity index (χ3v) is 4.28. The van der Waals surface area contributed by atoms with E-state index in [9.17, 15) is 5.21 Å². The Hall–Kier alpha value is -2.61. The van der Waals surface area contributed by atoms with Gasteiger partial charge in [0, 0.05) is 17.0 Å². The molecule has 2 aliphatic carbocycles. The van der Waals surface area contributed by atoms with Crippen LogP contribution in [0.5, 0.6) is 0 Å². The second-order valence-electron chi connectivity index (χ2n) is 5.94. The van der Waals surface area contributed by atoms with Gasteiger partial charge in [-0.2, -0.15) is 5.10 Å². The van der Waals surface area contributed by atoms with E-state index in [4.69, 9.17) is 0 Å². The highest BCUT2D eigenvalue weighted by Gasteiger charge is 2.51. The highest BCUT2D eigenvalue weighted by atomic mass is 16.4. The zero-order valence-corrected chi connectivity index (χ0v) is 12.1.